The highest BCUT2D eigenvalue weighted by Crippen LogP contribution is 2.43. The highest BCUT2D eigenvalue weighted by atomic mass is 19.1. The summed E-state index contributed by atoms with van der Waals surface area (Å²) in [5.41, 5.74) is 0.985. The molecule has 0 bridgehead atoms. The first-order chi connectivity index (χ1) is 8.99. The average Bonchev–Trinajstić information content (AvgIpc) is 2.23. The van der Waals surface area contributed by atoms with E-state index in [1.54, 1.807) is 0 Å². The van der Waals surface area contributed by atoms with Gasteiger partial charge in [0.1, 0.15) is 11.6 Å². The summed E-state index contributed by atoms with van der Waals surface area (Å²) in [7, 11) is 0. The second-order valence-electron chi connectivity index (χ2n) is 6.33. The maximum Gasteiger partial charge on any atom is 0.126 e. The fourth-order valence-electron chi connectivity index (χ4n) is 2.86. The summed E-state index contributed by atoms with van der Waals surface area (Å²) >= 11 is 0. The van der Waals surface area contributed by atoms with Crippen LogP contribution in [0.1, 0.15) is 38.7 Å². The molecule has 1 aliphatic rings. The van der Waals surface area contributed by atoms with E-state index in [-0.39, 0.29) is 5.41 Å². The smallest absolute Gasteiger partial charge is 0.126 e. The minimum Gasteiger partial charge on any atom is -0.316 e. The predicted octanol–water partition coefficient (Wildman–Crippen LogP) is 3.92. The molecule has 1 aromatic rings. The first kappa shape index (κ1) is 14.4. The van der Waals surface area contributed by atoms with Crippen molar-refractivity contribution in [3.8, 4) is 0 Å². The lowest BCUT2D eigenvalue weighted by molar-refractivity contribution is 0.128. The summed E-state index contributed by atoms with van der Waals surface area (Å²) in [5.74, 6) is -0.317. The highest BCUT2D eigenvalue weighted by Gasteiger charge is 2.36. The van der Waals surface area contributed by atoms with E-state index in [0.717, 1.165) is 44.0 Å². The van der Waals surface area contributed by atoms with Gasteiger partial charge >= 0.3 is 0 Å². The normalized spacial score (nSPS) is 17.5. The molecular weight excluding hydrogens is 244 g/mol. The minimum atomic E-state index is -0.473. The van der Waals surface area contributed by atoms with Crippen molar-refractivity contribution in [2.45, 2.75) is 39.5 Å². The maximum atomic E-state index is 13.2. The molecule has 0 spiro atoms. The lowest BCUT2D eigenvalue weighted by Crippen LogP contribution is -2.42. The van der Waals surface area contributed by atoms with Crippen LogP contribution in [0.25, 0.3) is 0 Å². The van der Waals surface area contributed by atoms with Crippen LogP contribution in [0, 0.1) is 23.0 Å². The van der Waals surface area contributed by atoms with E-state index in [1.807, 2.05) is 0 Å². The van der Waals surface area contributed by atoms with E-state index in [0.29, 0.717) is 5.92 Å². The van der Waals surface area contributed by atoms with Crippen molar-refractivity contribution in [1.82, 2.24) is 5.32 Å². The summed E-state index contributed by atoms with van der Waals surface area (Å²) in [6.45, 7) is 6.31. The Balaban J connectivity index is 1.97. The van der Waals surface area contributed by atoms with Crippen LogP contribution in [0.15, 0.2) is 18.2 Å². The zero-order chi connectivity index (χ0) is 13.9. The van der Waals surface area contributed by atoms with Gasteiger partial charge in [0, 0.05) is 12.6 Å². The van der Waals surface area contributed by atoms with Crippen LogP contribution in [0.4, 0.5) is 8.78 Å². The van der Waals surface area contributed by atoms with Crippen molar-refractivity contribution in [1.29, 1.82) is 0 Å². The van der Waals surface area contributed by atoms with Gasteiger partial charge in [0.25, 0.3) is 0 Å². The second kappa shape index (κ2) is 6.00. The predicted molar refractivity (Wildman–Crippen MR) is 74.1 cm³/mol. The van der Waals surface area contributed by atoms with Crippen LogP contribution in [0.2, 0.25) is 0 Å². The molecule has 106 valence electrons. The van der Waals surface area contributed by atoms with Gasteiger partial charge in [-0.1, -0.05) is 20.3 Å². The van der Waals surface area contributed by atoms with Gasteiger partial charge in [-0.05, 0) is 54.8 Å². The molecule has 1 fully saturated rings. The van der Waals surface area contributed by atoms with Crippen LogP contribution >= 0.6 is 0 Å². The lowest BCUT2D eigenvalue weighted by atomic mass is 9.65. The first-order valence-corrected chi connectivity index (χ1v) is 7.15. The fourth-order valence-corrected chi connectivity index (χ4v) is 2.86. The van der Waals surface area contributed by atoms with Crippen molar-refractivity contribution in [3.63, 3.8) is 0 Å². The van der Waals surface area contributed by atoms with E-state index in [4.69, 9.17) is 0 Å². The molecule has 1 aliphatic carbocycles. The van der Waals surface area contributed by atoms with Gasteiger partial charge in [-0.15, -0.1) is 0 Å². The third kappa shape index (κ3) is 4.00. The zero-order valence-electron chi connectivity index (χ0n) is 11.8. The molecule has 2 rings (SSSR count). The third-order valence-corrected chi connectivity index (χ3v) is 3.97. The molecular formula is C16H23F2N. The van der Waals surface area contributed by atoms with Gasteiger partial charge in [-0.25, -0.2) is 8.78 Å². The molecule has 0 aromatic heterocycles. The summed E-state index contributed by atoms with van der Waals surface area (Å²) in [5, 5.41) is 3.49. The second-order valence-corrected chi connectivity index (χ2v) is 6.33. The highest BCUT2D eigenvalue weighted by molar-refractivity contribution is 5.20. The Bertz CT molecular complexity index is 405. The van der Waals surface area contributed by atoms with Crippen molar-refractivity contribution < 1.29 is 8.78 Å². The van der Waals surface area contributed by atoms with Gasteiger partial charge < -0.3 is 5.32 Å². The molecule has 0 amide bonds. The molecule has 1 N–H and O–H groups in total. The van der Waals surface area contributed by atoms with Crippen LogP contribution in [-0.4, -0.2) is 13.1 Å². The van der Waals surface area contributed by atoms with Crippen LogP contribution < -0.4 is 5.32 Å². The standard InChI is InChI=1S/C16H23F2N/c1-12(2)10-19-11-16(4-3-5-16)9-13-6-14(17)8-15(18)7-13/h6-8,12,19H,3-5,9-11H2,1-2H3. The van der Waals surface area contributed by atoms with E-state index in [2.05, 4.69) is 19.2 Å². The van der Waals surface area contributed by atoms with Crippen molar-refractivity contribution >= 4 is 0 Å². The molecule has 1 nitrogen and oxygen atoms in total. The molecule has 0 atom stereocenters. The summed E-state index contributed by atoms with van der Waals surface area (Å²) in [6, 6.07) is 3.87. The summed E-state index contributed by atoms with van der Waals surface area (Å²) < 4.78 is 26.5. The van der Waals surface area contributed by atoms with Gasteiger partial charge in [0.05, 0.1) is 0 Å². The van der Waals surface area contributed by atoms with Gasteiger partial charge in [-0.3, -0.25) is 0 Å². The van der Waals surface area contributed by atoms with Crippen LogP contribution in [0.3, 0.4) is 0 Å². The lowest BCUT2D eigenvalue weighted by Gasteiger charge is -2.42. The summed E-state index contributed by atoms with van der Waals surface area (Å²) in [6.07, 6.45) is 4.29. The number of rotatable bonds is 6. The number of hydrogen-bond acceptors (Lipinski definition) is 1. The third-order valence-electron chi connectivity index (χ3n) is 3.97. The average molecular weight is 267 g/mol. The van der Waals surface area contributed by atoms with Crippen molar-refractivity contribution in [2.24, 2.45) is 11.3 Å². The Morgan fingerprint density at radius 1 is 1.16 bits per heavy atom. The van der Waals surface area contributed by atoms with E-state index in [9.17, 15) is 8.78 Å². The topological polar surface area (TPSA) is 12.0 Å². The van der Waals surface area contributed by atoms with E-state index in [1.165, 1.54) is 18.6 Å². The van der Waals surface area contributed by atoms with E-state index >= 15 is 0 Å². The largest absolute Gasteiger partial charge is 0.316 e. The van der Waals surface area contributed by atoms with Gasteiger partial charge in [0.15, 0.2) is 0 Å². The van der Waals surface area contributed by atoms with Crippen molar-refractivity contribution in [3.05, 3.63) is 35.4 Å². The monoisotopic (exact) mass is 267 g/mol. The number of hydrogen-bond donors (Lipinski definition) is 1. The van der Waals surface area contributed by atoms with E-state index < -0.39 is 11.6 Å². The van der Waals surface area contributed by atoms with Gasteiger partial charge in [0.2, 0.25) is 0 Å². The molecule has 0 radical (unpaired) electrons. The molecule has 0 unspecified atom stereocenters. The molecule has 1 aromatic carbocycles. The number of halogens is 2. The van der Waals surface area contributed by atoms with Gasteiger partial charge in [-0.2, -0.15) is 0 Å². The SMILES string of the molecule is CC(C)CNCC1(Cc2cc(F)cc(F)c2)CCC1. The van der Waals surface area contributed by atoms with Crippen molar-refractivity contribution in [2.75, 3.05) is 13.1 Å². The Hall–Kier alpha value is -0.960. The fraction of sp³-hybridized carbons (Fsp3) is 0.625. The van der Waals surface area contributed by atoms with Crippen LogP contribution in [-0.2, 0) is 6.42 Å². The Morgan fingerprint density at radius 3 is 2.26 bits per heavy atom. The number of benzene rings is 1. The number of nitrogens with one attached hydrogen (secondary N) is 1. The summed E-state index contributed by atoms with van der Waals surface area (Å²) in [4.78, 5) is 0. The Kier molecular flexibility index (Phi) is 4.56. The molecule has 0 heterocycles. The Labute approximate surface area is 114 Å². The molecule has 1 saturated carbocycles. The molecule has 0 aliphatic heterocycles. The first-order valence-electron chi connectivity index (χ1n) is 7.15. The molecule has 19 heavy (non-hydrogen) atoms. The molecule has 0 saturated heterocycles. The quantitative estimate of drug-likeness (QED) is 0.823. The zero-order valence-corrected chi connectivity index (χ0v) is 11.8. The molecule has 3 heteroatoms. The minimum absolute atomic E-state index is 0.203. The van der Waals surface area contributed by atoms with Crippen LogP contribution in [0.5, 0.6) is 0 Å². The maximum absolute atomic E-state index is 13.2. The Morgan fingerprint density at radius 2 is 1.79 bits per heavy atom.